The minimum Gasteiger partial charge on any atom is -0.368 e. The molecule has 11 heteroatoms. The van der Waals surface area contributed by atoms with Crippen LogP contribution in [0.5, 0.6) is 0 Å². The largest absolute Gasteiger partial charge is 0.368 e. The molecule has 2 atom stereocenters. The first-order chi connectivity index (χ1) is 20.2. The van der Waals surface area contributed by atoms with Crippen molar-refractivity contribution in [2.24, 2.45) is 11.7 Å². The second-order valence-electron chi connectivity index (χ2n) is 11.9. The highest BCUT2D eigenvalue weighted by Gasteiger charge is 2.56. The molecule has 0 bridgehead atoms. The molecule has 2 aromatic carbocycles. The predicted molar refractivity (Wildman–Crippen MR) is 149 cm³/mol. The summed E-state index contributed by atoms with van der Waals surface area (Å²) in [6.07, 6.45) is 7.86. The molecule has 2 aliphatic carbocycles. The molecule has 3 heterocycles. The zero-order valence-corrected chi connectivity index (χ0v) is 23.0. The first-order valence-electron chi connectivity index (χ1n) is 14.4. The van der Waals surface area contributed by atoms with Crippen LogP contribution >= 0.6 is 0 Å². The molecular formula is C31H31FN6O4. The van der Waals surface area contributed by atoms with Gasteiger partial charge in [0.2, 0.25) is 11.8 Å². The van der Waals surface area contributed by atoms with Crippen LogP contribution in [0.3, 0.4) is 0 Å². The van der Waals surface area contributed by atoms with Gasteiger partial charge in [0, 0.05) is 24.3 Å². The van der Waals surface area contributed by atoms with Gasteiger partial charge in [0.05, 0.1) is 6.20 Å². The summed E-state index contributed by atoms with van der Waals surface area (Å²) in [7, 11) is 0. The van der Waals surface area contributed by atoms with Crippen LogP contribution in [0.1, 0.15) is 47.9 Å². The van der Waals surface area contributed by atoms with E-state index >= 15 is 0 Å². The van der Waals surface area contributed by atoms with E-state index < -0.39 is 23.4 Å². The van der Waals surface area contributed by atoms with Crippen LogP contribution < -0.4 is 11.1 Å². The molecule has 10 nitrogen and oxygen atoms in total. The van der Waals surface area contributed by atoms with Crippen LogP contribution in [0.2, 0.25) is 0 Å². The van der Waals surface area contributed by atoms with Crippen LogP contribution in [0.15, 0.2) is 48.8 Å². The molecule has 7 rings (SSSR count). The number of aryl methyl sites for hydroxylation is 2. The molecule has 4 aliphatic rings. The van der Waals surface area contributed by atoms with Crippen LogP contribution in [0, 0.1) is 11.7 Å². The smallest absolute Gasteiger partial charge is 0.325 e. The molecule has 3 N–H and O–H groups in total. The average Bonchev–Trinajstić information content (AvgIpc) is 3.57. The van der Waals surface area contributed by atoms with Gasteiger partial charge in [0.1, 0.15) is 24.4 Å². The van der Waals surface area contributed by atoms with Crippen molar-refractivity contribution in [1.29, 1.82) is 0 Å². The third-order valence-corrected chi connectivity index (χ3v) is 9.19. The van der Waals surface area contributed by atoms with Gasteiger partial charge in [-0.15, -0.1) is 0 Å². The molecule has 1 aromatic heterocycles. The van der Waals surface area contributed by atoms with Crippen molar-refractivity contribution in [3.05, 3.63) is 76.9 Å². The van der Waals surface area contributed by atoms with Crippen molar-refractivity contribution in [3.63, 3.8) is 0 Å². The fraction of sp³-hybridized carbons (Fsp3) is 0.387. The van der Waals surface area contributed by atoms with Crippen molar-refractivity contribution < 1.29 is 23.6 Å². The van der Waals surface area contributed by atoms with Gasteiger partial charge in [-0.05, 0) is 84.4 Å². The molecule has 3 aromatic rings. The topological polar surface area (TPSA) is 131 Å². The van der Waals surface area contributed by atoms with E-state index in [0.29, 0.717) is 31.7 Å². The number of carbonyl (C=O) groups excluding carboxylic acids is 4. The van der Waals surface area contributed by atoms with Gasteiger partial charge in [-0.3, -0.25) is 24.0 Å². The number of hydrogen-bond donors (Lipinski definition) is 2. The average molecular weight is 571 g/mol. The molecule has 1 saturated carbocycles. The Morgan fingerprint density at radius 2 is 1.83 bits per heavy atom. The van der Waals surface area contributed by atoms with Crippen molar-refractivity contribution in [3.8, 4) is 11.1 Å². The summed E-state index contributed by atoms with van der Waals surface area (Å²) in [6.45, 7) is -0.0162. The van der Waals surface area contributed by atoms with E-state index in [4.69, 9.17) is 5.73 Å². The number of rotatable bonds is 6. The lowest BCUT2D eigenvalue weighted by Crippen LogP contribution is -2.48. The quantitative estimate of drug-likeness (QED) is 0.440. The van der Waals surface area contributed by atoms with Gasteiger partial charge >= 0.3 is 6.03 Å². The van der Waals surface area contributed by atoms with E-state index in [0.717, 1.165) is 57.5 Å². The van der Waals surface area contributed by atoms with Crippen LogP contribution in [0.4, 0.5) is 9.18 Å². The maximum absolute atomic E-state index is 13.9. The standard InChI is InChI=1S/C31H31FN6O4/c32-24-6-3-22-15-37(26(18-1-2-18)8-5-20(22)12-24)28(40)17-38-29(41)31(35-30(38)42)10-9-21-11-19(4-7-25(21)31)23-13-34-36(14-23)16-27(33)39/h3-4,6-7,11-14,18,26H,1-2,5,8-10,15-17H2,(H2,33,39)(H,35,42)/t26-,31?/m0/s1. The highest BCUT2D eigenvalue weighted by molar-refractivity contribution is 6.10. The lowest BCUT2D eigenvalue weighted by atomic mass is 9.90. The summed E-state index contributed by atoms with van der Waals surface area (Å²) in [5.41, 5.74) is 9.21. The van der Waals surface area contributed by atoms with E-state index in [9.17, 15) is 23.6 Å². The Bertz CT molecular complexity index is 1650. The fourth-order valence-corrected chi connectivity index (χ4v) is 6.95. The van der Waals surface area contributed by atoms with E-state index in [1.807, 2.05) is 18.2 Å². The summed E-state index contributed by atoms with van der Waals surface area (Å²) in [4.78, 5) is 55.0. The second-order valence-corrected chi connectivity index (χ2v) is 11.9. The number of nitrogens with zero attached hydrogens (tertiary/aromatic N) is 4. The summed E-state index contributed by atoms with van der Waals surface area (Å²) < 4.78 is 15.4. The van der Waals surface area contributed by atoms with Crippen molar-refractivity contribution >= 4 is 23.8 Å². The van der Waals surface area contributed by atoms with Gasteiger partial charge in [-0.25, -0.2) is 9.18 Å². The molecule has 1 saturated heterocycles. The zero-order chi connectivity index (χ0) is 29.2. The zero-order valence-electron chi connectivity index (χ0n) is 23.0. The Hall–Kier alpha value is -4.54. The highest BCUT2D eigenvalue weighted by Crippen LogP contribution is 2.43. The number of aromatic nitrogens is 2. The number of primary amides is 1. The maximum atomic E-state index is 13.9. The summed E-state index contributed by atoms with van der Waals surface area (Å²) in [6, 6.07) is 9.80. The number of carbonyl (C=O) groups is 4. The Labute approximate surface area is 241 Å². The monoisotopic (exact) mass is 570 g/mol. The van der Waals surface area contributed by atoms with Gasteiger partial charge in [0.25, 0.3) is 5.91 Å². The lowest BCUT2D eigenvalue weighted by Gasteiger charge is -2.31. The van der Waals surface area contributed by atoms with E-state index in [1.54, 1.807) is 29.4 Å². The lowest BCUT2D eigenvalue weighted by molar-refractivity contribution is -0.141. The Morgan fingerprint density at radius 3 is 2.62 bits per heavy atom. The van der Waals surface area contributed by atoms with Crippen LogP contribution in [-0.4, -0.2) is 55.9 Å². The fourth-order valence-electron chi connectivity index (χ4n) is 6.95. The third-order valence-electron chi connectivity index (χ3n) is 9.19. The molecule has 0 radical (unpaired) electrons. The second kappa shape index (κ2) is 9.78. The molecule has 5 amide bonds. The first-order valence-corrected chi connectivity index (χ1v) is 14.4. The minimum atomic E-state index is -1.21. The number of nitrogens with two attached hydrogens (primary N) is 1. The number of nitrogens with one attached hydrogen (secondary N) is 1. The normalized spacial score (nSPS) is 23.1. The van der Waals surface area contributed by atoms with E-state index in [-0.39, 0.29) is 30.9 Å². The maximum Gasteiger partial charge on any atom is 0.325 e. The summed E-state index contributed by atoms with van der Waals surface area (Å²) in [5.74, 6) is -1.07. The first kappa shape index (κ1) is 26.4. The number of fused-ring (bicyclic) bond motifs is 3. The number of benzene rings is 2. The molecule has 1 unspecified atom stereocenters. The number of amides is 5. The van der Waals surface area contributed by atoms with Gasteiger partial charge in [-0.1, -0.05) is 24.3 Å². The number of imide groups is 1. The van der Waals surface area contributed by atoms with Gasteiger partial charge in [-0.2, -0.15) is 5.10 Å². The predicted octanol–water partition coefficient (Wildman–Crippen LogP) is 2.62. The number of halogens is 1. The van der Waals surface area contributed by atoms with Crippen molar-refractivity contribution in [1.82, 2.24) is 24.9 Å². The van der Waals surface area contributed by atoms with Gasteiger partial charge < -0.3 is 16.0 Å². The minimum absolute atomic E-state index is 0.000596. The number of urea groups is 1. The third kappa shape index (κ3) is 4.43. The molecule has 2 fully saturated rings. The molecule has 2 aliphatic heterocycles. The highest BCUT2D eigenvalue weighted by atomic mass is 19.1. The van der Waals surface area contributed by atoms with E-state index in [1.165, 1.54) is 10.7 Å². The molecular weight excluding hydrogens is 539 g/mol. The van der Waals surface area contributed by atoms with Crippen LogP contribution in [-0.2, 0) is 45.9 Å². The molecule has 1 spiro atoms. The van der Waals surface area contributed by atoms with Crippen molar-refractivity contribution in [2.75, 3.05) is 6.54 Å². The molecule has 42 heavy (non-hydrogen) atoms. The Kier molecular flexibility index (Phi) is 6.14. The Morgan fingerprint density at radius 1 is 1.00 bits per heavy atom. The van der Waals surface area contributed by atoms with Crippen molar-refractivity contribution in [2.45, 2.75) is 63.2 Å². The van der Waals surface area contributed by atoms with Crippen LogP contribution in [0.25, 0.3) is 11.1 Å². The summed E-state index contributed by atoms with van der Waals surface area (Å²) in [5, 5.41) is 7.10. The number of hydrogen-bond acceptors (Lipinski definition) is 5. The Balaban J connectivity index is 1.11. The summed E-state index contributed by atoms with van der Waals surface area (Å²) >= 11 is 0. The SMILES string of the molecule is NC(=O)Cn1cc(-c2ccc3c(c2)CCC32NC(=O)N(CC(=O)N3Cc4ccc(F)cc4CC[C@H]3C3CC3)C2=O)cn1. The molecule has 216 valence electrons. The van der Waals surface area contributed by atoms with E-state index in [2.05, 4.69) is 10.4 Å². The van der Waals surface area contributed by atoms with Gasteiger partial charge in [0.15, 0.2) is 0 Å².